The smallest absolute Gasteiger partial charge is 0.222 e. The Balaban J connectivity index is 0.000000203. The third-order valence-electron chi connectivity index (χ3n) is 16.0. The van der Waals surface area contributed by atoms with E-state index in [4.69, 9.17) is 0 Å². The summed E-state index contributed by atoms with van der Waals surface area (Å²) in [6, 6.07) is 33.5. The molecule has 0 N–H and O–H groups in total. The Morgan fingerprint density at radius 2 is 0.677 bits per heavy atom. The second-order valence-electron chi connectivity index (χ2n) is 23.0. The van der Waals surface area contributed by atoms with Crippen molar-refractivity contribution in [3.63, 3.8) is 0 Å². The molecule has 0 aliphatic heterocycles. The standard InChI is InChI=1S/C26H28FN3O2.C25H25F2N3O2.C24H22F3N3O2/c1-5-26(32)30(4)16-22-9-8-20(14-23(22)27)24-12-10-21(15-28-24)25(31)13-11-19-7-6-17(2)29-18(19)3;1-4-25(32)30(3)15-20-6-5-18(13-21(20)26)22-10-7-19(14-28-22)23(31)11-8-17-9-12-24(27)29-16(17)2;1-3-23(32)30(2)14-18-5-4-16(12-19(18)25)20-9-6-17(13-28-20)21(31)10-7-15-8-11-22(26)29-24(15)27/h6-10,12,14-15H,5,11,13,16H2,1-4H3;5-7,9-10,12-14H,4,8,11,15H2,1-3H3;4-6,8-9,11-13H,3,7,10,14H2,1-2H3. The predicted octanol–water partition coefficient (Wildman–Crippen LogP) is 14.7. The van der Waals surface area contributed by atoms with Gasteiger partial charge in [0, 0.05) is 171 Å². The molecule has 96 heavy (non-hydrogen) atoms. The number of carbonyl (C=O) groups excluding carboxylic acids is 6. The normalized spacial score (nSPS) is 10.8. The Hall–Kier alpha value is -10.4. The number of ketones is 3. The Bertz CT molecular complexity index is 3820. The van der Waals surface area contributed by atoms with Gasteiger partial charge < -0.3 is 14.7 Å². The predicted molar refractivity (Wildman–Crippen MR) is 354 cm³/mol. The van der Waals surface area contributed by atoms with Crippen molar-refractivity contribution in [1.29, 1.82) is 0 Å². The van der Waals surface area contributed by atoms with Crippen molar-refractivity contribution in [2.24, 2.45) is 0 Å². The molecule has 0 saturated heterocycles. The Labute approximate surface area is 554 Å². The summed E-state index contributed by atoms with van der Waals surface area (Å²) in [6.45, 7) is 11.5. The van der Waals surface area contributed by atoms with Crippen LogP contribution in [-0.4, -0.2) is 101 Å². The SMILES string of the molecule is CCC(=O)N(C)Cc1ccc(-c2ccc(C(=O)CCc3ccc(C)nc3C)cn2)cc1F.CCC(=O)N(C)Cc1ccc(-c2ccc(C(=O)CCc3ccc(F)nc3C)cn2)cc1F.CCC(=O)N(C)Cc1ccc(-c2ccc(C(=O)CCc3ccc(F)nc3F)cn2)cc1F. The van der Waals surface area contributed by atoms with Gasteiger partial charge >= 0.3 is 0 Å². The van der Waals surface area contributed by atoms with E-state index in [1.165, 1.54) is 63.6 Å². The van der Waals surface area contributed by atoms with Gasteiger partial charge in [0.1, 0.15) is 17.5 Å². The van der Waals surface area contributed by atoms with E-state index in [1.807, 2.05) is 26.0 Å². The maximum absolute atomic E-state index is 14.6. The summed E-state index contributed by atoms with van der Waals surface area (Å²) in [5.41, 5.74) is 10.5. The minimum absolute atomic E-state index is 0.00850. The minimum atomic E-state index is -0.929. The first-order valence-electron chi connectivity index (χ1n) is 31.3. The van der Waals surface area contributed by atoms with Gasteiger partial charge in [-0.1, -0.05) is 69.3 Å². The van der Waals surface area contributed by atoms with Crippen LogP contribution in [0.15, 0.2) is 146 Å². The number of hydrogen-bond donors (Lipinski definition) is 0. The minimum Gasteiger partial charge on any atom is -0.341 e. The fourth-order valence-corrected chi connectivity index (χ4v) is 10.1. The molecule has 0 fully saturated rings. The number of aryl methyl sites for hydroxylation is 6. The zero-order chi connectivity index (χ0) is 69.8. The number of Topliss-reactive ketones (excluding diaryl/α,β-unsaturated/α-hetero) is 3. The zero-order valence-electron chi connectivity index (χ0n) is 55.1. The molecule has 0 aliphatic carbocycles. The van der Waals surface area contributed by atoms with Crippen LogP contribution in [0.4, 0.5) is 26.3 Å². The fraction of sp³-hybridized carbons (Fsp3) is 0.280. The first kappa shape index (κ1) is 73.0. The number of hydrogen-bond acceptors (Lipinski definition) is 12. The number of pyridine rings is 6. The second kappa shape index (κ2) is 34.6. The quantitative estimate of drug-likeness (QED) is 0.0317. The molecule has 6 heterocycles. The van der Waals surface area contributed by atoms with E-state index in [-0.39, 0.29) is 85.3 Å². The molecule has 21 heteroatoms. The van der Waals surface area contributed by atoms with Crippen molar-refractivity contribution in [3.05, 3.63) is 248 Å². The van der Waals surface area contributed by atoms with Crippen LogP contribution in [0.1, 0.15) is 141 Å². The van der Waals surface area contributed by atoms with Crippen LogP contribution in [0.2, 0.25) is 0 Å². The molecule has 0 atom stereocenters. The molecule has 0 bridgehead atoms. The maximum atomic E-state index is 14.6. The van der Waals surface area contributed by atoms with Gasteiger partial charge in [-0.25, -0.2) is 18.2 Å². The highest BCUT2D eigenvalue weighted by atomic mass is 19.2. The van der Waals surface area contributed by atoms with Crippen LogP contribution in [0.3, 0.4) is 0 Å². The molecule has 0 spiro atoms. The average molecular weight is 1310 g/mol. The number of carbonyl (C=O) groups is 6. The van der Waals surface area contributed by atoms with E-state index in [0.29, 0.717) is 111 Å². The molecular weight excluding hydrogens is 1240 g/mol. The molecule has 3 amide bonds. The highest BCUT2D eigenvalue weighted by molar-refractivity contribution is 5.97. The molecule has 0 aliphatic rings. The Kier molecular flexibility index (Phi) is 26.3. The van der Waals surface area contributed by atoms with Crippen molar-refractivity contribution >= 4 is 35.1 Å². The van der Waals surface area contributed by atoms with Gasteiger partial charge in [-0.05, 0) is 130 Å². The van der Waals surface area contributed by atoms with E-state index in [1.54, 1.807) is 128 Å². The van der Waals surface area contributed by atoms with Gasteiger partial charge in [-0.2, -0.15) is 18.2 Å². The summed E-state index contributed by atoms with van der Waals surface area (Å²) in [5.74, 6) is -4.13. The molecular formula is C75H75F6N9O6. The van der Waals surface area contributed by atoms with Crippen molar-refractivity contribution in [2.75, 3.05) is 21.1 Å². The summed E-state index contributed by atoms with van der Waals surface area (Å²) >= 11 is 0. The lowest BCUT2D eigenvalue weighted by Gasteiger charge is -2.17. The van der Waals surface area contributed by atoms with E-state index < -0.39 is 29.5 Å². The summed E-state index contributed by atoms with van der Waals surface area (Å²) in [4.78, 5) is 101. The number of aromatic nitrogens is 6. The molecule has 6 aromatic heterocycles. The third-order valence-corrected chi connectivity index (χ3v) is 16.0. The molecule has 15 nitrogen and oxygen atoms in total. The van der Waals surface area contributed by atoms with Gasteiger partial charge in [0.2, 0.25) is 35.6 Å². The number of amides is 3. The Morgan fingerprint density at radius 3 is 0.979 bits per heavy atom. The molecule has 0 unspecified atom stereocenters. The number of benzene rings is 3. The second-order valence-corrected chi connectivity index (χ2v) is 23.0. The lowest BCUT2D eigenvalue weighted by molar-refractivity contribution is -0.130. The van der Waals surface area contributed by atoms with E-state index >= 15 is 0 Å². The van der Waals surface area contributed by atoms with Gasteiger partial charge in [0.15, 0.2) is 17.3 Å². The third kappa shape index (κ3) is 20.5. The average Bonchev–Trinajstić information content (AvgIpc) is 0.903. The maximum Gasteiger partial charge on any atom is 0.222 e. The summed E-state index contributed by atoms with van der Waals surface area (Å²) < 4.78 is 83.2. The van der Waals surface area contributed by atoms with Crippen LogP contribution >= 0.6 is 0 Å². The number of halogens is 6. The van der Waals surface area contributed by atoms with E-state index in [2.05, 4.69) is 29.9 Å². The van der Waals surface area contributed by atoms with E-state index in [9.17, 15) is 55.1 Å². The largest absolute Gasteiger partial charge is 0.341 e. The monoisotopic (exact) mass is 1310 g/mol. The summed E-state index contributed by atoms with van der Waals surface area (Å²) in [7, 11) is 4.93. The highest BCUT2D eigenvalue weighted by Crippen LogP contribution is 2.26. The molecule has 0 radical (unpaired) electrons. The lowest BCUT2D eigenvalue weighted by Crippen LogP contribution is -2.25. The molecule has 9 rings (SSSR count). The number of nitrogens with zero attached hydrogens (tertiary/aromatic N) is 9. The lowest BCUT2D eigenvalue weighted by atomic mass is 10.0. The molecule has 0 saturated carbocycles. The summed E-state index contributed by atoms with van der Waals surface area (Å²) in [5, 5.41) is 0. The van der Waals surface area contributed by atoms with Gasteiger partial charge in [-0.3, -0.25) is 48.7 Å². The molecule has 498 valence electrons. The first-order valence-corrected chi connectivity index (χ1v) is 31.3. The van der Waals surface area contributed by atoms with Crippen molar-refractivity contribution in [3.8, 4) is 33.8 Å². The van der Waals surface area contributed by atoms with Crippen LogP contribution in [-0.2, 0) is 53.3 Å². The highest BCUT2D eigenvalue weighted by Gasteiger charge is 2.18. The molecule has 3 aromatic carbocycles. The first-order chi connectivity index (χ1) is 45.8. The molecule has 9 aromatic rings. The van der Waals surface area contributed by atoms with Crippen LogP contribution in [0.25, 0.3) is 33.8 Å². The van der Waals surface area contributed by atoms with Gasteiger partial charge in [0.25, 0.3) is 0 Å². The van der Waals surface area contributed by atoms with Crippen molar-refractivity contribution in [1.82, 2.24) is 44.6 Å². The summed E-state index contributed by atoms with van der Waals surface area (Å²) in [6.07, 6.45) is 7.31. The van der Waals surface area contributed by atoms with Crippen LogP contribution < -0.4 is 0 Å². The van der Waals surface area contributed by atoms with Crippen LogP contribution in [0, 0.1) is 56.1 Å². The number of rotatable bonds is 24. The fourth-order valence-electron chi connectivity index (χ4n) is 10.1. The zero-order valence-corrected chi connectivity index (χ0v) is 55.1. The van der Waals surface area contributed by atoms with Crippen molar-refractivity contribution < 1.29 is 55.1 Å². The van der Waals surface area contributed by atoms with Crippen molar-refractivity contribution in [2.45, 2.75) is 119 Å². The van der Waals surface area contributed by atoms with E-state index in [0.717, 1.165) is 28.6 Å². The Morgan fingerprint density at radius 1 is 0.365 bits per heavy atom. The van der Waals surface area contributed by atoms with Gasteiger partial charge in [0.05, 0.1) is 17.1 Å². The topological polar surface area (TPSA) is 189 Å². The van der Waals surface area contributed by atoms with Crippen LogP contribution in [0.5, 0.6) is 0 Å². The van der Waals surface area contributed by atoms with Gasteiger partial charge in [-0.15, -0.1) is 0 Å².